The normalized spacial score (nSPS) is 64.2. The van der Waals surface area contributed by atoms with Gasteiger partial charge in [0, 0.05) is 0 Å². The van der Waals surface area contributed by atoms with Crippen molar-refractivity contribution in [2.24, 2.45) is 35.5 Å². The summed E-state index contributed by atoms with van der Waals surface area (Å²) in [7, 11) is 0. The first-order chi connectivity index (χ1) is 11.6. The highest BCUT2D eigenvalue weighted by Crippen LogP contribution is 2.67. The first-order valence-electron chi connectivity index (χ1n) is 11.0. The largest absolute Gasteiger partial charge is 0.366 e. The number of rotatable bonds is 1. The minimum Gasteiger partial charge on any atom is -0.366 e. The molecule has 2 aliphatic heterocycles. The number of fused-ring (bicyclic) bond motifs is 6. The highest BCUT2D eigenvalue weighted by Gasteiger charge is 2.72. The molecule has 24 heavy (non-hydrogen) atoms. The fourth-order valence-electron chi connectivity index (χ4n) is 8.33. The predicted octanol–water partition coefficient (Wildman–Crippen LogP) is 4.95. The Morgan fingerprint density at radius 1 is 0.625 bits per heavy atom. The fourth-order valence-corrected chi connectivity index (χ4v) is 8.33. The Labute approximate surface area is 147 Å². The van der Waals surface area contributed by atoms with Gasteiger partial charge < -0.3 is 9.47 Å². The second kappa shape index (κ2) is 4.80. The molecule has 0 aromatic carbocycles. The summed E-state index contributed by atoms with van der Waals surface area (Å²) >= 11 is 0. The molecule has 2 heteroatoms. The van der Waals surface area contributed by atoms with Crippen LogP contribution in [-0.2, 0) is 9.47 Å². The second-order valence-electron chi connectivity index (χ2n) is 10.5. The summed E-state index contributed by atoms with van der Waals surface area (Å²) in [5.41, 5.74) is 0.478. The summed E-state index contributed by atoms with van der Waals surface area (Å²) < 4.78 is 13.0. The van der Waals surface area contributed by atoms with Crippen molar-refractivity contribution in [3.8, 4) is 0 Å². The molecule has 134 valence electrons. The van der Waals surface area contributed by atoms with Gasteiger partial charge in [-0.15, -0.1) is 0 Å². The first kappa shape index (κ1) is 15.0. The Kier molecular flexibility index (Phi) is 3.00. The molecule has 0 spiro atoms. The van der Waals surface area contributed by atoms with Gasteiger partial charge >= 0.3 is 0 Å². The van der Waals surface area contributed by atoms with Gasteiger partial charge in [-0.2, -0.15) is 0 Å². The number of epoxide rings is 2. The molecule has 10 atom stereocenters. The third-order valence-corrected chi connectivity index (χ3v) is 9.55. The lowest BCUT2D eigenvalue weighted by Gasteiger charge is -2.46. The van der Waals surface area contributed by atoms with E-state index in [-0.39, 0.29) is 11.2 Å². The van der Waals surface area contributed by atoms with E-state index in [0.717, 1.165) is 35.5 Å². The molecule has 0 N–H and O–H groups in total. The van der Waals surface area contributed by atoms with Crippen molar-refractivity contribution < 1.29 is 9.47 Å². The molecule has 0 radical (unpaired) electrons. The van der Waals surface area contributed by atoms with Crippen LogP contribution in [0.5, 0.6) is 0 Å². The maximum Gasteiger partial charge on any atom is 0.0954 e. The average Bonchev–Trinajstić information content (AvgIpc) is 3.48. The van der Waals surface area contributed by atoms with Gasteiger partial charge in [0.15, 0.2) is 0 Å². The molecule has 6 fully saturated rings. The quantitative estimate of drug-likeness (QED) is 0.635. The molecule has 6 rings (SSSR count). The fraction of sp³-hybridized carbons (Fsp3) is 1.00. The SMILES string of the molecule is CC12OC1C(C1CC3CCCCC3C3(C)OC13)CC1CCCCC12. The Morgan fingerprint density at radius 2 is 1.04 bits per heavy atom. The minimum atomic E-state index is 0.239. The summed E-state index contributed by atoms with van der Waals surface area (Å²) in [6.45, 7) is 4.90. The third-order valence-electron chi connectivity index (χ3n) is 9.55. The third kappa shape index (κ3) is 1.85. The van der Waals surface area contributed by atoms with Crippen LogP contribution in [0.2, 0.25) is 0 Å². The number of ether oxygens (including phenoxy) is 2. The average molecular weight is 331 g/mol. The molecule has 2 heterocycles. The smallest absolute Gasteiger partial charge is 0.0954 e. The molecule has 6 aliphatic rings. The lowest BCUT2D eigenvalue weighted by molar-refractivity contribution is 0.0519. The molecule has 0 amide bonds. The summed E-state index contributed by atoms with van der Waals surface area (Å²) in [5, 5.41) is 0. The second-order valence-corrected chi connectivity index (χ2v) is 10.5. The van der Waals surface area contributed by atoms with Gasteiger partial charge in [-0.05, 0) is 75.0 Å². The number of hydrogen-bond donors (Lipinski definition) is 0. The van der Waals surface area contributed by atoms with E-state index < -0.39 is 0 Å². The predicted molar refractivity (Wildman–Crippen MR) is 93.7 cm³/mol. The van der Waals surface area contributed by atoms with Crippen LogP contribution in [0.15, 0.2) is 0 Å². The van der Waals surface area contributed by atoms with E-state index in [1.165, 1.54) is 64.2 Å². The van der Waals surface area contributed by atoms with Crippen LogP contribution in [0.1, 0.15) is 78.1 Å². The van der Waals surface area contributed by atoms with Gasteiger partial charge in [0.1, 0.15) is 0 Å². The van der Waals surface area contributed by atoms with Gasteiger partial charge in [-0.3, -0.25) is 0 Å². The van der Waals surface area contributed by atoms with Crippen LogP contribution in [0.4, 0.5) is 0 Å². The van der Waals surface area contributed by atoms with Crippen molar-refractivity contribution in [2.45, 2.75) is 101 Å². The summed E-state index contributed by atoms with van der Waals surface area (Å²) in [5.74, 6) is 5.21. The van der Waals surface area contributed by atoms with Crippen molar-refractivity contribution in [3.05, 3.63) is 0 Å². The van der Waals surface area contributed by atoms with E-state index in [9.17, 15) is 0 Å². The van der Waals surface area contributed by atoms with Gasteiger partial charge in [-0.25, -0.2) is 0 Å². The summed E-state index contributed by atoms with van der Waals surface area (Å²) in [4.78, 5) is 0. The minimum absolute atomic E-state index is 0.239. The molecule has 0 bridgehead atoms. The van der Waals surface area contributed by atoms with Crippen molar-refractivity contribution in [2.75, 3.05) is 0 Å². The molecular formula is C22H34O2. The van der Waals surface area contributed by atoms with Gasteiger partial charge in [0.25, 0.3) is 0 Å². The Bertz CT molecular complexity index is 498. The van der Waals surface area contributed by atoms with Crippen LogP contribution in [0.3, 0.4) is 0 Å². The summed E-state index contributed by atoms with van der Waals surface area (Å²) in [6, 6.07) is 0. The van der Waals surface area contributed by atoms with E-state index in [0.29, 0.717) is 12.2 Å². The van der Waals surface area contributed by atoms with Crippen LogP contribution in [0, 0.1) is 35.5 Å². The lowest BCUT2D eigenvalue weighted by atomic mass is 9.55. The van der Waals surface area contributed by atoms with Crippen molar-refractivity contribution in [1.82, 2.24) is 0 Å². The monoisotopic (exact) mass is 330 g/mol. The highest BCUT2D eigenvalue weighted by molar-refractivity contribution is 5.20. The van der Waals surface area contributed by atoms with Crippen LogP contribution in [-0.4, -0.2) is 23.4 Å². The number of hydrogen-bond acceptors (Lipinski definition) is 2. The van der Waals surface area contributed by atoms with Crippen molar-refractivity contribution in [1.29, 1.82) is 0 Å². The van der Waals surface area contributed by atoms with E-state index in [1.54, 1.807) is 0 Å². The Balaban J connectivity index is 1.27. The van der Waals surface area contributed by atoms with Crippen LogP contribution >= 0.6 is 0 Å². The van der Waals surface area contributed by atoms with E-state index in [4.69, 9.17) is 9.47 Å². The molecule has 0 aromatic heterocycles. The zero-order valence-electron chi connectivity index (χ0n) is 15.5. The summed E-state index contributed by atoms with van der Waals surface area (Å²) in [6.07, 6.45) is 15.6. The van der Waals surface area contributed by atoms with Crippen molar-refractivity contribution >= 4 is 0 Å². The van der Waals surface area contributed by atoms with Crippen LogP contribution in [0.25, 0.3) is 0 Å². The lowest BCUT2D eigenvalue weighted by Crippen LogP contribution is -2.48. The molecule has 4 aliphatic carbocycles. The highest BCUT2D eigenvalue weighted by atomic mass is 16.6. The molecule has 10 unspecified atom stereocenters. The van der Waals surface area contributed by atoms with E-state index in [2.05, 4.69) is 13.8 Å². The zero-order chi connectivity index (χ0) is 16.1. The van der Waals surface area contributed by atoms with E-state index >= 15 is 0 Å². The molecule has 4 saturated carbocycles. The molecule has 2 nitrogen and oxygen atoms in total. The van der Waals surface area contributed by atoms with E-state index in [1.807, 2.05) is 0 Å². The van der Waals surface area contributed by atoms with Gasteiger partial charge in [0.05, 0.1) is 23.4 Å². The first-order valence-corrected chi connectivity index (χ1v) is 11.0. The zero-order valence-corrected chi connectivity index (χ0v) is 15.5. The Morgan fingerprint density at radius 3 is 1.50 bits per heavy atom. The van der Waals surface area contributed by atoms with Crippen molar-refractivity contribution in [3.63, 3.8) is 0 Å². The van der Waals surface area contributed by atoms with Gasteiger partial charge in [0.2, 0.25) is 0 Å². The maximum absolute atomic E-state index is 6.48. The standard InChI is InChI=1S/C22H34O2/c1-21-17-9-5-3-7-13(17)11-15(19(21)23-21)16-12-14-8-4-6-10-18(14)22(2)20(16)24-22/h13-20H,3-12H2,1-2H3. The van der Waals surface area contributed by atoms with Crippen LogP contribution < -0.4 is 0 Å². The molecule has 2 saturated heterocycles. The molecule has 0 aromatic rings. The maximum atomic E-state index is 6.48. The molecular weight excluding hydrogens is 296 g/mol. The van der Waals surface area contributed by atoms with Gasteiger partial charge in [-0.1, -0.05) is 38.5 Å². The Hall–Kier alpha value is -0.0800. The topological polar surface area (TPSA) is 25.1 Å².